The van der Waals surface area contributed by atoms with Gasteiger partial charge in [-0.05, 0) is 79.9 Å². The molecule has 3 heterocycles. The fourth-order valence-corrected chi connectivity index (χ4v) is 6.19. The van der Waals surface area contributed by atoms with Crippen LogP contribution >= 0.6 is 0 Å². The minimum atomic E-state index is -4.56. The second-order valence-electron chi connectivity index (χ2n) is 12.0. The number of carbonyl (C=O) groups is 2. The van der Waals surface area contributed by atoms with E-state index in [0.29, 0.717) is 30.2 Å². The van der Waals surface area contributed by atoms with Gasteiger partial charge < -0.3 is 25.8 Å². The number of alkyl halides is 3. The van der Waals surface area contributed by atoms with E-state index in [2.05, 4.69) is 38.0 Å². The van der Waals surface area contributed by atoms with Gasteiger partial charge in [0.05, 0.1) is 23.2 Å². The van der Waals surface area contributed by atoms with E-state index in [9.17, 15) is 22.8 Å². The highest BCUT2D eigenvalue weighted by atomic mass is 19.4. The lowest BCUT2D eigenvalue weighted by atomic mass is 9.91. The molecule has 3 aromatic carbocycles. The largest absolute Gasteiger partial charge is 0.416 e. The van der Waals surface area contributed by atoms with E-state index >= 15 is 0 Å². The van der Waals surface area contributed by atoms with Crippen LogP contribution in [0.2, 0.25) is 0 Å². The number of benzene rings is 3. The highest BCUT2D eigenvalue weighted by Crippen LogP contribution is 2.53. The Labute approximate surface area is 263 Å². The second-order valence-corrected chi connectivity index (χ2v) is 12.0. The van der Waals surface area contributed by atoms with Crippen molar-refractivity contribution in [3.63, 3.8) is 0 Å². The third kappa shape index (κ3) is 5.64. The first kappa shape index (κ1) is 29.7. The Kier molecular flexibility index (Phi) is 7.39. The highest BCUT2D eigenvalue weighted by molar-refractivity contribution is 6.07. The lowest BCUT2D eigenvalue weighted by Crippen LogP contribution is -2.45. The maximum atomic E-state index is 14.0. The molecule has 1 spiro atoms. The molecule has 0 radical (unpaired) electrons. The Balaban J connectivity index is 1.10. The molecular weight excluding hydrogens is 595 g/mol. The van der Waals surface area contributed by atoms with Crippen LogP contribution in [0.5, 0.6) is 0 Å². The van der Waals surface area contributed by atoms with Crippen LogP contribution in [0.3, 0.4) is 0 Å². The smallest absolute Gasteiger partial charge is 0.369 e. The first-order valence-corrected chi connectivity index (χ1v) is 15.2. The number of anilines is 5. The van der Waals surface area contributed by atoms with Gasteiger partial charge in [-0.3, -0.25) is 9.59 Å². The number of hydrogen-bond acceptors (Lipinski definition) is 7. The van der Waals surface area contributed by atoms with Crippen LogP contribution in [0.25, 0.3) is 0 Å². The van der Waals surface area contributed by atoms with Crippen molar-refractivity contribution in [2.75, 3.05) is 46.6 Å². The van der Waals surface area contributed by atoms with Gasteiger partial charge in [0, 0.05) is 66.3 Å². The van der Waals surface area contributed by atoms with Gasteiger partial charge >= 0.3 is 6.18 Å². The second kappa shape index (κ2) is 11.4. The van der Waals surface area contributed by atoms with E-state index in [1.165, 1.54) is 12.1 Å². The number of aromatic nitrogens is 2. The molecule has 9 nitrogen and oxygen atoms in total. The van der Waals surface area contributed by atoms with Crippen LogP contribution in [-0.2, 0) is 22.9 Å². The monoisotopic (exact) mass is 627 g/mol. The maximum absolute atomic E-state index is 14.0. The predicted octanol–water partition coefficient (Wildman–Crippen LogP) is 5.79. The standard InChI is InChI=1S/C34H32F3N7O2/c1-21-5-6-26(40-30(45)22-3-2-4-24(17-22)34(35,36)37)18-28(21)44-20-23-19-39-32(42-29(23)33(11-12-33)31(44)46)41-25-7-9-27(10-8-25)43-15-13-38-14-16-43/h2-10,17-19,38H,11-16,20H2,1H3,(H,40,45)(H,39,41,42). The Hall–Kier alpha value is -4.97. The van der Waals surface area contributed by atoms with Gasteiger partial charge in [-0.15, -0.1) is 0 Å². The van der Waals surface area contributed by atoms with Gasteiger partial charge in [0.1, 0.15) is 0 Å². The summed E-state index contributed by atoms with van der Waals surface area (Å²) in [6.45, 7) is 5.98. The summed E-state index contributed by atoms with van der Waals surface area (Å²) >= 11 is 0. The fourth-order valence-electron chi connectivity index (χ4n) is 6.19. The van der Waals surface area contributed by atoms with Gasteiger partial charge in [-0.1, -0.05) is 12.1 Å². The van der Waals surface area contributed by atoms with E-state index in [1.807, 2.05) is 19.1 Å². The van der Waals surface area contributed by atoms with Crippen molar-refractivity contribution in [2.45, 2.75) is 37.9 Å². The molecule has 1 saturated heterocycles. The molecule has 236 valence electrons. The molecule has 2 aliphatic heterocycles. The normalized spacial score (nSPS) is 17.1. The number of amides is 2. The molecule has 0 atom stereocenters. The average Bonchev–Trinajstić information content (AvgIpc) is 3.86. The molecule has 1 aliphatic carbocycles. The molecule has 12 heteroatoms. The topological polar surface area (TPSA) is 102 Å². The summed E-state index contributed by atoms with van der Waals surface area (Å²) in [5.74, 6) is -0.326. The minimum Gasteiger partial charge on any atom is -0.369 e. The zero-order valence-corrected chi connectivity index (χ0v) is 25.1. The summed E-state index contributed by atoms with van der Waals surface area (Å²) in [4.78, 5) is 40.3. The SMILES string of the molecule is Cc1ccc(NC(=O)c2cccc(C(F)(F)F)c2)cc1N1Cc2cnc(Nc3ccc(N4CCNCC4)cc3)nc2C2(CC2)C1=O. The first-order chi connectivity index (χ1) is 22.1. The van der Waals surface area contributed by atoms with E-state index in [0.717, 1.165) is 66.5 Å². The Bertz CT molecular complexity index is 1820. The molecule has 1 aromatic heterocycles. The van der Waals surface area contributed by atoms with E-state index in [4.69, 9.17) is 4.98 Å². The highest BCUT2D eigenvalue weighted by Gasteiger charge is 2.58. The Morgan fingerprint density at radius 1 is 0.978 bits per heavy atom. The summed E-state index contributed by atoms with van der Waals surface area (Å²) in [6, 6.07) is 17.5. The van der Waals surface area contributed by atoms with Gasteiger partial charge in [0.15, 0.2) is 0 Å². The van der Waals surface area contributed by atoms with Gasteiger partial charge in [-0.2, -0.15) is 13.2 Å². The van der Waals surface area contributed by atoms with Gasteiger partial charge in [-0.25, -0.2) is 9.97 Å². The van der Waals surface area contributed by atoms with E-state index in [1.54, 1.807) is 29.3 Å². The molecule has 7 rings (SSSR count). The average molecular weight is 628 g/mol. The van der Waals surface area contributed by atoms with E-state index < -0.39 is 23.1 Å². The number of carbonyl (C=O) groups excluding carboxylic acids is 2. The number of rotatable bonds is 6. The first-order valence-electron chi connectivity index (χ1n) is 15.2. The number of nitrogens with one attached hydrogen (secondary N) is 3. The van der Waals surface area contributed by atoms with Crippen LogP contribution in [0, 0.1) is 6.92 Å². The molecule has 46 heavy (non-hydrogen) atoms. The number of hydrogen-bond donors (Lipinski definition) is 3. The molecule has 4 aromatic rings. The maximum Gasteiger partial charge on any atom is 0.416 e. The number of nitrogens with zero attached hydrogens (tertiary/aromatic N) is 4. The van der Waals surface area contributed by atoms with Crippen LogP contribution in [-0.4, -0.2) is 48.0 Å². The molecule has 3 N–H and O–H groups in total. The molecule has 1 saturated carbocycles. The number of piperazine rings is 1. The van der Waals surface area contributed by atoms with Gasteiger partial charge in [0.2, 0.25) is 11.9 Å². The number of fused-ring (bicyclic) bond motifs is 2. The summed E-state index contributed by atoms with van der Waals surface area (Å²) in [7, 11) is 0. The number of halogens is 3. The van der Waals surface area contributed by atoms with Crippen molar-refractivity contribution >= 4 is 40.5 Å². The van der Waals surface area contributed by atoms with Crippen molar-refractivity contribution in [2.24, 2.45) is 0 Å². The van der Waals surface area contributed by atoms with E-state index in [-0.39, 0.29) is 18.0 Å². The zero-order valence-electron chi connectivity index (χ0n) is 25.1. The van der Waals surface area contributed by atoms with Crippen molar-refractivity contribution in [1.82, 2.24) is 15.3 Å². The van der Waals surface area contributed by atoms with Gasteiger partial charge in [0.25, 0.3) is 5.91 Å². The summed E-state index contributed by atoms with van der Waals surface area (Å²) in [6.07, 6.45) is -1.48. The number of aryl methyl sites for hydroxylation is 1. The van der Waals surface area contributed by atoms with Crippen LogP contribution in [0.4, 0.5) is 41.9 Å². The molecule has 0 bridgehead atoms. The molecule has 2 amide bonds. The van der Waals surface area contributed by atoms with Crippen molar-refractivity contribution < 1.29 is 22.8 Å². The summed E-state index contributed by atoms with van der Waals surface area (Å²) < 4.78 is 39.5. The van der Waals surface area contributed by atoms with Crippen molar-refractivity contribution in [3.8, 4) is 0 Å². The lowest BCUT2D eigenvalue weighted by molar-refractivity contribution is -0.137. The van der Waals surface area contributed by atoms with Crippen molar-refractivity contribution in [1.29, 1.82) is 0 Å². The zero-order chi connectivity index (χ0) is 32.1. The Morgan fingerprint density at radius 3 is 2.43 bits per heavy atom. The van der Waals surface area contributed by atoms with Crippen LogP contribution < -0.4 is 25.8 Å². The van der Waals surface area contributed by atoms with Crippen molar-refractivity contribution in [3.05, 3.63) is 101 Å². The van der Waals surface area contributed by atoms with Crippen LogP contribution in [0.15, 0.2) is 72.9 Å². The fraction of sp³-hybridized carbons (Fsp3) is 0.294. The summed E-state index contributed by atoms with van der Waals surface area (Å²) in [5, 5.41) is 9.33. The predicted molar refractivity (Wildman–Crippen MR) is 170 cm³/mol. The third-order valence-electron chi connectivity index (χ3n) is 8.87. The third-order valence-corrected chi connectivity index (χ3v) is 8.87. The molecular formula is C34H32F3N7O2. The molecule has 0 unspecified atom stereocenters. The van der Waals surface area contributed by atoms with Crippen LogP contribution in [0.1, 0.15) is 45.6 Å². The quantitative estimate of drug-likeness (QED) is 0.249. The lowest BCUT2D eigenvalue weighted by Gasteiger charge is -2.34. The minimum absolute atomic E-state index is 0.0746. The molecule has 2 fully saturated rings. The Morgan fingerprint density at radius 2 is 1.72 bits per heavy atom. The molecule has 3 aliphatic rings. The summed E-state index contributed by atoms with van der Waals surface area (Å²) in [5.41, 5.74) is 3.61.